The largest absolute Gasteiger partial charge is 0.376 e. The molecule has 0 saturated heterocycles. The molecular formula is C14H18N2OS. The van der Waals surface area contributed by atoms with Gasteiger partial charge in [-0.2, -0.15) is 0 Å². The summed E-state index contributed by atoms with van der Waals surface area (Å²) in [4.78, 5) is 11.5. The average molecular weight is 262 g/mol. The molecule has 2 aromatic rings. The number of nitrogens with one attached hydrogen (secondary N) is 2. The van der Waals surface area contributed by atoms with Crippen molar-refractivity contribution in [1.82, 2.24) is 5.32 Å². The summed E-state index contributed by atoms with van der Waals surface area (Å²) in [5, 5.41) is 9.33. The predicted molar refractivity (Wildman–Crippen MR) is 78.2 cm³/mol. The van der Waals surface area contributed by atoms with Gasteiger partial charge in [0.1, 0.15) is 0 Å². The van der Waals surface area contributed by atoms with E-state index in [0.717, 1.165) is 25.1 Å². The van der Waals surface area contributed by atoms with Gasteiger partial charge in [-0.3, -0.25) is 4.79 Å². The minimum Gasteiger partial charge on any atom is -0.376 e. The molecule has 0 aliphatic heterocycles. The van der Waals surface area contributed by atoms with Crippen molar-refractivity contribution < 1.29 is 4.79 Å². The van der Waals surface area contributed by atoms with Gasteiger partial charge in [-0.1, -0.05) is 13.3 Å². The highest BCUT2D eigenvalue weighted by atomic mass is 32.1. The maximum Gasteiger partial charge on any atom is 0.239 e. The highest BCUT2D eigenvalue weighted by molar-refractivity contribution is 7.17. The highest BCUT2D eigenvalue weighted by Crippen LogP contribution is 2.23. The summed E-state index contributed by atoms with van der Waals surface area (Å²) in [5.74, 6) is 0.0499. The third kappa shape index (κ3) is 3.47. The third-order valence-corrected chi connectivity index (χ3v) is 3.66. The van der Waals surface area contributed by atoms with Crippen LogP contribution in [0.2, 0.25) is 0 Å². The van der Waals surface area contributed by atoms with Gasteiger partial charge < -0.3 is 10.6 Å². The number of carbonyl (C=O) groups excluding carboxylic acids is 1. The Balaban J connectivity index is 1.83. The first kappa shape index (κ1) is 12.9. The summed E-state index contributed by atoms with van der Waals surface area (Å²) in [7, 11) is 0. The number of thiophene rings is 1. The van der Waals surface area contributed by atoms with Gasteiger partial charge in [0.25, 0.3) is 0 Å². The Morgan fingerprint density at radius 1 is 1.33 bits per heavy atom. The van der Waals surface area contributed by atoms with Gasteiger partial charge in [0.15, 0.2) is 0 Å². The monoisotopic (exact) mass is 262 g/mol. The van der Waals surface area contributed by atoms with Gasteiger partial charge in [0.05, 0.1) is 6.54 Å². The van der Waals surface area contributed by atoms with Crippen LogP contribution in [0.4, 0.5) is 5.69 Å². The zero-order chi connectivity index (χ0) is 12.8. The summed E-state index contributed by atoms with van der Waals surface area (Å²) < 4.78 is 1.27. The van der Waals surface area contributed by atoms with Crippen LogP contribution in [0, 0.1) is 0 Å². The molecular weight excluding hydrogens is 244 g/mol. The first-order chi connectivity index (χ1) is 8.79. The molecule has 0 atom stereocenters. The number of benzene rings is 1. The molecule has 0 unspecified atom stereocenters. The molecule has 0 aliphatic rings. The Morgan fingerprint density at radius 3 is 3.06 bits per heavy atom. The van der Waals surface area contributed by atoms with Crippen LogP contribution >= 0.6 is 11.3 Å². The van der Waals surface area contributed by atoms with E-state index in [-0.39, 0.29) is 5.91 Å². The molecule has 1 heterocycles. The summed E-state index contributed by atoms with van der Waals surface area (Å²) in [6.45, 7) is 3.21. The van der Waals surface area contributed by atoms with Crippen molar-refractivity contribution in [1.29, 1.82) is 0 Å². The zero-order valence-electron chi connectivity index (χ0n) is 10.5. The summed E-state index contributed by atoms with van der Waals surface area (Å²) in [5.41, 5.74) is 0.992. The fourth-order valence-electron chi connectivity index (χ4n) is 1.73. The quantitative estimate of drug-likeness (QED) is 0.785. The Bertz CT molecular complexity index is 521. The minimum absolute atomic E-state index is 0.0499. The van der Waals surface area contributed by atoms with Crippen molar-refractivity contribution in [2.45, 2.75) is 19.8 Å². The lowest BCUT2D eigenvalue weighted by atomic mass is 10.2. The van der Waals surface area contributed by atoms with Crippen LogP contribution in [0.5, 0.6) is 0 Å². The molecule has 4 heteroatoms. The van der Waals surface area contributed by atoms with E-state index in [9.17, 15) is 4.79 Å². The van der Waals surface area contributed by atoms with Crippen molar-refractivity contribution in [2.75, 3.05) is 18.4 Å². The lowest BCUT2D eigenvalue weighted by molar-refractivity contribution is -0.119. The van der Waals surface area contributed by atoms with E-state index in [1.54, 1.807) is 11.3 Å². The van der Waals surface area contributed by atoms with E-state index < -0.39 is 0 Å². The Hall–Kier alpha value is -1.55. The van der Waals surface area contributed by atoms with E-state index in [4.69, 9.17) is 0 Å². The number of hydrogen-bond donors (Lipinski definition) is 2. The van der Waals surface area contributed by atoms with Gasteiger partial charge in [-0.05, 0) is 41.5 Å². The SMILES string of the molecule is CCCCNC(=O)CNc1ccc2sccc2c1. The molecule has 18 heavy (non-hydrogen) atoms. The second-order valence-electron chi connectivity index (χ2n) is 4.23. The zero-order valence-corrected chi connectivity index (χ0v) is 11.3. The molecule has 0 bridgehead atoms. The first-order valence-corrected chi connectivity index (χ1v) is 7.15. The van der Waals surface area contributed by atoms with Crippen molar-refractivity contribution in [2.24, 2.45) is 0 Å². The topological polar surface area (TPSA) is 41.1 Å². The summed E-state index contributed by atoms with van der Waals surface area (Å²) in [6.07, 6.45) is 2.13. The van der Waals surface area contributed by atoms with Crippen LogP contribution in [0.3, 0.4) is 0 Å². The number of rotatable bonds is 6. The molecule has 0 fully saturated rings. The molecule has 1 aromatic heterocycles. The summed E-state index contributed by atoms with van der Waals surface area (Å²) in [6, 6.07) is 8.26. The van der Waals surface area contributed by atoms with E-state index in [1.165, 1.54) is 10.1 Å². The van der Waals surface area contributed by atoms with Crippen LogP contribution in [0.15, 0.2) is 29.6 Å². The van der Waals surface area contributed by atoms with Crippen LogP contribution in [0.25, 0.3) is 10.1 Å². The number of unbranched alkanes of at least 4 members (excludes halogenated alkanes) is 1. The van der Waals surface area contributed by atoms with Gasteiger partial charge >= 0.3 is 0 Å². The van der Waals surface area contributed by atoms with E-state index in [0.29, 0.717) is 6.54 Å². The molecule has 1 amide bonds. The standard InChI is InChI=1S/C14H18N2OS/c1-2-3-7-15-14(17)10-16-12-4-5-13-11(9-12)6-8-18-13/h4-6,8-9,16H,2-3,7,10H2,1H3,(H,15,17). The van der Waals surface area contributed by atoms with Gasteiger partial charge in [0, 0.05) is 16.9 Å². The first-order valence-electron chi connectivity index (χ1n) is 6.27. The maximum atomic E-state index is 11.5. The van der Waals surface area contributed by atoms with Crippen LogP contribution in [-0.2, 0) is 4.79 Å². The normalized spacial score (nSPS) is 10.5. The number of carbonyl (C=O) groups is 1. The van der Waals surface area contributed by atoms with Crippen molar-refractivity contribution in [3.63, 3.8) is 0 Å². The summed E-state index contributed by atoms with van der Waals surface area (Å²) >= 11 is 1.73. The number of hydrogen-bond acceptors (Lipinski definition) is 3. The van der Waals surface area contributed by atoms with Gasteiger partial charge in [-0.25, -0.2) is 0 Å². The number of fused-ring (bicyclic) bond motifs is 1. The van der Waals surface area contributed by atoms with Crippen LogP contribution < -0.4 is 10.6 Å². The molecule has 0 saturated carbocycles. The van der Waals surface area contributed by atoms with E-state index in [2.05, 4.69) is 41.1 Å². The molecule has 0 radical (unpaired) electrons. The molecule has 1 aromatic carbocycles. The van der Waals surface area contributed by atoms with Crippen molar-refractivity contribution in [3.8, 4) is 0 Å². The Kier molecular flexibility index (Phi) is 4.59. The number of anilines is 1. The second kappa shape index (κ2) is 6.40. The van der Waals surface area contributed by atoms with Gasteiger partial charge in [0.2, 0.25) is 5.91 Å². The minimum atomic E-state index is 0.0499. The maximum absolute atomic E-state index is 11.5. The predicted octanol–water partition coefficient (Wildman–Crippen LogP) is 3.23. The molecule has 2 rings (SSSR count). The van der Waals surface area contributed by atoms with Crippen LogP contribution in [0.1, 0.15) is 19.8 Å². The third-order valence-electron chi connectivity index (χ3n) is 2.76. The van der Waals surface area contributed by atoms with Crippen LogP contribution in [-0.4, -0.2) is 19.0 Å². The molecule has 3 nitrogen and oxygen atoms in total. The fraction of sp³-hybridized carbons (Fsp3) is 0.357. The lowest BCUT2D eigenvalue weighted by Crippen LogP contribution is -2.30. The second-order valence-corrected chi connectivity index (χ2v) is 5.18. The van der Waals surface area contributed by atoms with E-state index in [1.807, 2.05) is 6.07 Å². The molecule has 2 N–H and O–H groups in total. The molecule has 0 spiro atoms. The average Bonchev–Trinajstić information content (AvgIpc) is 2.84. The lowest BCUT2D eigenvalue weighted by Gasteiger charge is -2.07. The van der Waals surface area contributed by atoms with Crippen molar-refractivity contribution in [3.05, 3.63) is 29.6 Å². The smallest absolute Gasteiger partial charge is 0.239 e. The Morgan fingerprint density at radius 2 is 2.22 bits per heavy atom. The van der Waals surface area contributed by atoms with E-state index >= 15 is 0 Å². The number of amides is 1. The molecule has 0 aliphatic carbocycles. The van der Waals surface area contributed by atoms with Gasteiger partial charge in [-0.15, -0.1) is 11.3 Å². The fourth-order valence-corrected chi connectivity index (χ4v) is 2.50. The van der Waals surface area contributed by atoms with Crippen molar-refractivity contribution >= 4 is 33.0 Å². The Labute approximate surface area is 111 Å². The molecule has 96 valence electrons. The highest BCUT2D eigenvalue weighted by Gasteiger charge is 2.01.